The van der Waals surface area contributed by atoms with Crippen LogP contribution in [0.25, 0.3) is 0 Å². The summed E-state index contributed by atoms with van der Waals surface area (Å²) in [6, 6.07) is -0.650. The number of alkyl halides is 3. The largest absolute Gasteiger partial charge is 0.481 e. The van der Waals surface area contributed by atoms with Gasteiger partial charge in [-0.2, -0.15) is 13.2 Å². The van der Waals surface area contributed by atoms with Gasteiger partial charge >= 0.3 is 18.2 Å². The van der Waals surface area contributed by atoms with Crippen molar-refractivity contribution in [2.75, 3.05) is 13.1 Å². The van der Waals surface area contributed by atoms with Crippen LogP contribution in [0.3, 0.4) is 0 Å². The van der Waals surface area contributed by atoms with E-state index in [0.29, 0.717) is 12.8 Å². The minimum Gasteiger partial charge on any atom is -0.481 e. The zero-order valence-electron chi connectivity index (χ0n) is 11.6. The van der Waals surface area contributed by atoms with Crippen LogP contribution < -0.4 is 10.6 Å². The molecule has 0 spiro atoms. The van der Waals surface area contributed by atoms with E-state index in [2.05, 4.69) is 10.6 Å². The van der Waals surface area contributed by atoms with E-state index >= 15 is 0 Å². The first-order valence-corrected chi connectivity index (χ1v) is 6.32. The number of carboxylic acid groups (broad SMARTS) is 1. The normalized spacial score (nSPS) is 12.1. The van der Waals surface area contributed by atoms with Crippen LogP contribution in [-0.4, -0.2) is 36.4 Å². The van der Waals surface area contributed by atoms with E-state index in [4.69, 9.17) is 5.11 Å². The van der Waals surface area contributed by atoms with Gasteiger partial charge in [-0.05, 0) is 18.3 Å². The molecule has 0 unspecified atom stereocenters. The van der Waals surface area contributed by atoms with Crippen molar-refractivity contribution in [1.29, 1.82) is 0 Å². The number of urea groups is 1. The Kier molecular flexibility index (Phi) is 7.38. The van der Waals surface area contributed by atoms with Gasteiger partial charge in [-0.15, -0.1) is 0 Å². The molecule has 0 atom stereocenters. The summed E-state index contributed by atoms with van der Waals surface area (Å²) in [5.74, 6) is -0.879. The summed E-state index contributed by atoms with van der Waals surface area (Å²) in [5, 5.41) is 13.1. The maximum Gasteiger partial charge on any atom is 0.390 e. The first kappa shape index (κ1) is 18.5. The number of hydrogen-bond acceptors (Lipinski definition) is 2. The van der Waals surface area contributed by atoms with Crippen LogP contribution >= 0.6 is 0 Å². The highest BCUT2D eigenvalue weighted by Crippen LogP contribution is 2.25. The second-order valence-electron chi connectivity index (χ2n) is 5.36. The summed E-state index contributed by atoms with van der Waals surface area (Å²) in [4.78, 5) is 21.7. The lowest BCUT2D eigenvalue weighted by Gasteiger charge is -2.23. The fraction of sp³-hybridized carbons (Fsp3) is 0.833. The summed E-state index contributed by atoms with van der Waals surface area (Å²) in [6.07, 6.45) is -4.28. The molecule has 0 radical (unpaired) electrons. The smallest absolute Gasteiger partial charge is 0.390 e. The van der Waals surface area contributed by atoms with Crippen LogP contribution in [-0.2, 0) is 4.79 Å². The lowest BCUT2D eigenvalue weighted by molar-refractivity contribution is -0.137. The number of halogens is 3. The van der Waals surface area contributed by atoms with Crippen LogP contribution in [0.1, 0.15) is 39.5 Å². The average molecular weight is 298 g/mol. The molecule has 8 heteroatoms. The summed E-state index contributed by atoms with van der Waals surface area (Å²) >= 11 is 0. The molecule has 0 aliphatic rings. The Morgan fingerprint density at radius 2 is 1.50 bits per heavy atom. The standard InChI is InChI=1S/C12H21F3N2O3/c1-11(2,4-3-9(18)19)5-7-16-10(20)17-8-6-12(13,14)15/h3-8H2,1-2H3,(H,18,19)(H2,16,17,20). The Bertz CT molecular complexity index is 330. The third-order valence-electron chi connectivity index (χ3n) is 2.80. The Morgan fingerprint density at radius 1 is 1.00 bits per heavy atom. The third kappa shape index (κ3) is 11.6. The van der Waals surface area contributed by atoms with E-state index in [-0.39, 0.29) is 18.4 Å². The molecule has 0 saturated heterocycles. The van der Waals surface area contributed by atoms with Gasteiger partial charge in [-0.3, -0.25) is 4.79 Å². The number of rotatable bonds is 8. The monoisotopic (exact) mass is 298 g/mol. The van der Waals surface area contributed by atoms with Crippen molar-refractivity contribution in [3.8, 4) is 0 Å². The maximum absolute atomic E-state index is 11.8. The molecule has 2 amide bonds. The molecule has 0 aliphatic carbocycles. The second-order valence-corrected chi connectivity index (χ2v) is 5.36. The minimum atomic E-state index is -4.29. The quantitative estimate of drug-likeness (QED) is 0.644. The fourth-order valence-corrected chi connectivity index (χ4v) is 1.47. The highest BCUT2D eigenvalue weighted by molar-refractivity contribution is 5.73. The molecule has 0 saturated carbocycles. The van der Waals surface area contributed by atoms with Crippen LogP contribution in [0.15, 0.2) is 0 Å². The minimum absolute atomic E-state index is 0.0464. The average Bonchev–Trinajstić information content (AvgIpc) is 2.24. The fourth-order valence-electron chi connectivity index (χ4n) is 1.47. The number of nitrogens with one attached hydrogen (secondary N) is 2. The molecule has 0 aromatic heterocycles. The molecule has 0 aromatic rings. The predicted octanol–water partition coefficient (Wildman–Crippen LogP) is 2.52. The molecule has 0 aliphatic heterocycles. The number of amides is 2. The van der Waals surface area contributed by atoms with Gasteiger partial charge < -0.3 is 15.7 Å². The first-order chi connectivity index (χ1) is 9.02. The van der Waals surface area contributed by atoms with Crippen LogP contribution in [0.2, 0.25) is 0 Å². The zero-order chi connectivity index (χ0) is 15.8. The van der Waals surface area contributed by atoms with E-state index < -0.39 is 31.1 Å². The highest BCUT2D eigenvalue weighted by Gasteiger charge is 2.26. The molecule has 0 rings (SSSR count). The first-order valence-electron chi connectivity index (χ1n) is 6.32. The van der Waals surface area contributed by atoms with Gasteiger partial charge in [0.15, 0.2) is 0 Å². The Hall–Kier alpha value is -1.47. The number of carbonyl (C=O) groups excluding carboxylic acids is 1. The second kappa shape index (κ2) is 7.96. The number of carboxylic acids is 1. The van der Waals surface area contributed by atoms with E-state index in [1.54, 1.807) is 0 Å². The van der Waals surface area contributed by atoms with Crippen molar-refractivity contribution in [3.63, 3.8) is 0 Å². The predicted molar refractivity (Wildman–Crippen MR) is 67.3 cm³/mol. The zero-order valence-corrected chi connectivity index (χ0v) is 11.6. The van der Waals surface area contributed by atoms with Crippen molar-refractivity contribution in [3.05, 3.63) is 0 Å². The number of carbonyl (C=O) groups is 2. The molecule has 0 fully saturated rings. The Morgan fingerprint density at radius 3 is 1.95 bits per heavy atom. The van der Waals surface area contributed by atoms with Gasteiger partial charge in [-0.25, -0.2) is 4.79 Å². The molecular formula is C12H21F3N2O3. The van der Waals surface area contributed by atoms with Gasteiger partial charge in [0, 0.05) is 19.5 Å². The van der Waals surface area contributed by atoms with Gasteiger partial charge in [0.2, 0.25) is 0 Å². The topological polar surface area (TPSA) is 78.4 Å². The van der Waals surface area contributed by atoms with Crippen molar-refractivity contribution >= 4 is 12.0 Å². The van der Waals surface area contributed by atoms with Crippen LogP contribution in [0.4, 0.5) is 18.0 Å². The lowest BCUT2D eigenvalue weighted by Crippen LogP contribution is -2.38. The summed E-state index contributed by atoms with van der Waals surface area (Å²) in [5.41, 5.74) is -0.252. The van der Waals surface area contributed by atoms with E-state index in [1.165, 1.54) is 0 Å². The van der Waals surface area contributed by atoms with Crippen molar-refractivity contribution in [1.82, 2.24) is 10.6 Å². The van der Waals surface area contributed by atoms with Crippen molar-refractivity contribution in [2.45, 2.75) is 45.7 Å². The highest BCUT2D eigenvalue weighted by atomic mass is 19.4. The summed E-state index contributed by atoms with van der Waals surface area (Å²) in [6.45, 7) is 3.57. The van der Waals surface area contributed by atoms with Gasteiger partial charge in [0.1, 0.15) is 0 Å². The molecule has 20 heavy (non-hydrogen) atoms. The van der Waals surface area contributed by atoms with Crippen molar-refractivity contribution < 1.29 is 27.9 Å². The van der Waals surface area contributed by atoms with Crippen LogP contribution in [0.5, 0.6) is 0 Å². The summed E-state index contributed by atoms with van der Waals surface area (Å²) in [7, 11) is 0. The molecule has 118 valence electrons. The van der Waals surface area contributed by atoms with E-state index in [1.807, 2.05) is 13.8 Å². The molecule has 0 bridgehead atoms. The van der Waals surface area contributed by atoms with Crippen molar-refractivity contribution in [2.24, 2.45) is 5.41 Å². The SMILES string of the molecule is CC(C)(CCNC(=O)NCCC(F)(F)F)CCC(=O)O. The van der Waals surface area contributed by atoms with E-state index in [0.717, 1.165) is 0 Å². The molecule has 0 aromatic carbocycles. The number of hydrogen-bond donors (Lipinski definition) is 3. The van der Waals surface area contributed by atoms with E-state index in [9.17, 15) is 22.8 Å². The third-order valence-corrected chi connectivity index (χ3v) is 2.80. The van der Waals surface area contributed by atoms with Gasteiger partial charge in [0.25, 0.3) is 0 Å². The number of aliphatic carboxylic acids is 1. The molecule has 3 N–H and O–H groups in total. The van der Waals surface area contributed by atoms with Gasteiger partial charge in [-0.1, -0.05) is 13.8 Å². The van der Waals surface area contributed by atoms with Crippen LogP contribution in [0, 0.1) is 5.41 Å². The van der Waals surface area contributed by atoms with Gasteiger partial charge in [0.05, 0.1) is 6.42 Å². The molecular weight excluding hydrogens is 277 g/mol. The molecule has 0 heterocycles. The summed E-state index contributed by atoms with van der Waals surface area (Å²) < 4.78 is 35.5. The maximum atomic E-state index is 11.8. The Balaban J connectivity index is 3.77. The lowest BCUT2D eigenvalue weighted by atomic mass is 9.84. The molecule has 5 nitrogen and oxygen atoms in total. The Labute approximate surface area is 115 Å².